The largest absolute Gasteiger partial charge is 0.494 e. The quantitative estimate of drug-likeness (QED) is 0.713. The van der Waals surface area contributed by atoms with Crippen molar-refractivity contribution in [2.24, 2.45) is 5.92 Å². The predicted molar refractivity (Wildman–Crippen MR) is 85.8 cm³/mol. The van der Waals surface area contributed by atoms with E-state index in [4.69, 9.17) is 4.74 Å². The molecule has 0 amide bonds. The van der Waals surface area contributed by atoms with Gasteiger partial charge in [0.2, 0.25) is 0 Å². The van der Waals surface area contributed by atoms with Gasteiger partial charge in [-0.2, -0.15) is 0 Å². The third-order valence-electron chi connectivity index (χ3n) is 3.10. The molecule has 2 nitrogen and oxygen atoms in total. The fourth-order valence-corrected chi connectivity index (χ4v) is 2.44. The van der Waals surface area contributed by atoms with E-state index in [1.165, 1.54) is 12.8 Å². The maximum atomic E-state index is 5.81. The molecule has 0 aliphatic heterocycles. The minimum absolute atomic E-state index is 0.561. The molecule has 1 aromatic rings. The van der Waals surface area contributed by atoms with Gasteiger partial charge in [-0.15, -0.1) is 0 Å². The van der Waals surface area contributed by atoms with Gasteiger partial charge in [-0.25, -0.2) is 0 Å². The van der Waals surface area contributed by atoms with Gasteiger partial charge in [0.05, 0.1) is 6.61 Å². The first-order valence-electron chi connectivity index (χ1n) is 7.23. The summed E-state index contributed by atoms with van der Waals surface area (Å²) >= 11 is 3.46. The molecule has 0 fully saturated rings. The lowest BCUT2D eigenvalue weighted by Gasteiger charge is -2.19. The molecular weight excluding hydrogens is 302 g/mol. The SMILES string of the molecule is CCCC(CCOc1cccc(Br)c1)CNC(C)C. The molecular formula is C16H26BrNO. The smallest absolute Gasteiger partial charge is 0.120 e. The molecule has 19 heavy (non-hydrogen) atoms. The normalized spacial score (nSPS) is 12.7. The predicted octanol–water partition coefficient (Wildman–Crippen LogP) is 4.63. The number of rotatable bonds is 9. The summed E-state index contributed by atoms with van der Waals surface area (Å²) in [7, 11) is 0. The van der Waals surface area contributed by atoms with E-state index in [1.54, 1.807) is 0 Å². The van der Waals surface area contributed by atoms with Crippen LogP contribution in [0, 0.1) is 5.92 Å². The van der Waals surface area contributed by atoms with Crippen molar-refractivity contribution in [2.45, 2.75) is 46.1 Å². The zero-order valence-electron chi connectivity index (χ0n) is 12.3. The maximum absolute atomic E-state index is 5.81. The minimum atomic E-state index is 0.561. The monoisotopic (exact) mass is 327 g/mol. The summed E-state index contributed by atoms with van der Waals surface area (Å²) in [6.45, 7) is 8.52. The van der Waals surface area contributed by atoms with E-state index in [-0.39, 0.29) is 0 Å². The van der Waals surface area contributed by atoms with Gasteiger partial charge in [0.1, 0.15) is 5.75 Å². The average molecular weight is 328 g/mol. The highest BCUT2D eigenvalue weighted by Gasteiger charge is 2.08. The Hall–Kier alpha value is -0.540. The lowest BCUT2D eigenvalue weighted by molar-refractivity contribution is 0.265. The Bertz CT molecular complexity index is 354. The number of nitrogens with one attached hydrogen (secondary N) is 1. The fraction of sp³-hybridized carbons (Fsp3) is 0.625. The van der Waals surface area contributed by atoms with Gasteiger partial charge in [-0.1, -0.05) is 49.2 Å². The molecule has 0 heterocycles. The van der Waals surface area contributed by atoms with E-state index in [9.17, 15) is 0 Å². The Balaban J connectivity index is 2.31. The first-order chi connectivity index (χ1) is 9.11. The average Bonchev–Trinajstić information content (AvgIpc) is 2.36. The molecule has 0 aliphatic carbocycles. The Morgan fingerprint density at radius 3 is 2.68 bits per heavy atom. The van der Waals surface area contributed by atoms with Crippen molar-refractivity contribution in [3.8, 4) is 5.75 Å². The third-order valence-corrected chi connectivity index (χ3v) is 3.60. The maximum Gasteiger partial charge on any atom is 0.120 e. The van der Waals surface area contributed by atoms with Crippen LogP contribution < -0.4 is 10.1 Å². The molecule has 1 atom stereocenters. The lowest BCUT2D eigenvalue weighted by atomic mass is 10.00. The molecule has 3 heteroatoms. The van der Waals surface area contributed by atoms with Crippen molar-refractivity contribution in [3.63, 3.8) is 0 Å². The van der Waals surface area contributed by atoms with Crippen molar-refractivity contribution in [1.82, 2.24) is 5.32 Å². The van der Waals surface area contributed by atoms with Gasteiger partial charge in [0, 0.05) is 10.5 Å². The summed E-state index contributed by atoms with van der Waals surface area (Å²) in [5.74, 6) is 1.65. The second-order valence-corrected chi connectivity index (χ2v) is 6.23. The fourth-order valence-electron chi connectivity index (χ4n) is 2.06. The van der Waals surface area contributed by atoms with Crippen LogP contribution in [0.25, 0.3) is 0 Å². The van der Waals surface area contributed by atoms with Gasteiger partial charge >= 0.3 is 0 Å². The van der Waals surface area contributed by atoms with Crippen molar-refractivity contribution in [3.05, 3.63) is 28.7 Å². The van der Waals surface area contributed by atoms with E-state index in [0.717, 1.165) is 29.8 Å². The number of ether oxygens (including phenoxy) is 1. The van der Waals surface area contributed by atoms with Crippen LogP contribution in [-0.2, 0) is 0 Å². The highest BCUT2D eigenvalue weighted by molar-refractivity contribution is 9.10. The molecule has 0 aliphatic rings. The topological polar surface area (TPSA) is 21.3 Å². The molecule has 1 aromatic carbocycles. The number of hydrogen-bond donors (Lipinski definition) is 1. The Labute approximate surface area is 126 Å². The van der Waals surface area contributed by atoms with Crippen LogP contribution in [0.15, 0.2) is 28.7 Å². The molecule has 0 saturated carbocycles. The van der Waals surface area contributed by atoms with Crippen LogP contribution in [0.1, 0.15) is 40.0 Å². The van der Waals surface area contributed by atoms with E-state index >= 15 is 0 Å². The van der Waals surface area contributed by atoms with Gasteiger partial charge in [0.25, 0.3) is 0 Å². The molecule has 0 bridgehead atoms. The van der Waals surface area contributed by atoms with Crippen molar-refractivity contribution in [1.29, 1.82) is 0 Å². The van der Waals surface area contributed by atoms with E-state index in [1.807, 2.05) is 24.3 Å². The van der Waals surface area contributed by atoms with Crippen molar-refractivity contribution < 1.29 is 4.74 Å². The Kier molecular flexibility index (Phi) is 8.15. The zero-order chi connectivity index (χ0) is 14.1. The number of halogens is 1. The molecule has 1 unspecified atom stereocenters. The first-order valence-corrected chi connectivity index (χ1v) is 8.02. The summed E-state index contributed by atoms with van der Waals surface area (Å²) in [5.41, 5.74) is 0. The van der Waals surface area contributed by atoms with Crippen molar-refractivity contribution >= 4 is 15.9 Å². The minimum Gasteiger partial charge on any atom is -0.494 e. The molecule has 1 N–H and O–H groups in total. The summed E-state index contributed by atoms with van der Waals surface area (Å²) in [6.07, 6.45) is 3.61. The highest BCUT2D eigenvalue weighted by atomic mass is 79.9. The van der Waals surface area contributed by atoms with Crippen LogP contribution in [0.3, 0.4) is 0 Å². The molecule has 0 radical (unpaired) electrons. The molecule has 0 spiro atoms. The zero-order valence-corrected chi connectivity index (χ0v) is 13.9. The van der Waals surface area contributed by atoms with Gasteiger partial charge < -0.3 is 10.1 Å². The Morgan fingerprint density at radius 2 is 2.05 bits per heavy atom. The summed E-state index contributed by atoms with van der Waals surface area (Å²) in [6, 6.07) is 8.60. The molecule has 108 valence electrons. The second-order valence-electron chi connectivity index (χ2n) is 5.31. The standard InChI is InChI=1S/C16H26BrNO/c1-4-6-14(12-18-13(2)3)9-10-19-16-8-5-7-15(17)11-16/h5,7-8,11,13-14,18H,4,6,9-10,12H2,1-3H3. The summed E-state index contributed by atoms with van der Waals surface area (Å²) in [4.78, 5) is 0. The van der Waals surface area contributed by atoms with E-state index in [0.29, 0.717) is 12.0 Å². The molecule has 0 aromatic heterocycles. The van der Waals surface area contributed by atoms with Gasteiger partial charge in [0.15, 0.2) is 0 Å². The number of benzene rings is 1. The second kappa shape index (κ2) is 9.38. The van der Waals surface area contributed by atoms with E-state index in [2.05, 4.69) is 42.0 Å². The third kappa shape index (κ3) is 7.58. The van der Waals surface area contributed by atoms with Gasteiger partial charge in [-0.3, -0.25) is 0 Å². The summed E-state index contributed by atoms with van der Waals surface area (Å²) in [5, 5.41) is 3.53. The van der Waals surface area contributed by atoms with Crippen LogP contribution >= 0.6 is 15.9 Å². The van der Waals surface area contributed by atoms with E-state index < -0.39 is 0 Å². The Morgan fingerprint density at radius 1 is 1.26 bits per heavy atom. The highest BCUT2D eigenvalue weighted by Crippen LogP contribution is 2.19. The summed E-state index contributed by atoms with van der Waals surface area (Å²) < 4.78 is 6.88. The van der Waals surface area contributed by atoms with Crippen LogP contribution in [0.5, 0.6) is 5.75 Å². The van der Waals surface area contributed by atoms with Gasteiger partial charge in [-0.05, 0) is 43.5 Å². The van der Waals surface area contributed by atoms with Crippen LogP contribution in [0.4, 0.5) is 0 Å². The first kappa shape index (κ1) is 16.5. The number of hydrogen-bond acceptors (Lipinski definition) is 2. The molecule has 0 saturated heterocycles. The molecule has 1 rings (SSSR count). The van der Waals surface area contributed by atoms with Crippen molar-refractivity contribution in [2.75, 3.05) is 13.2 Å². The van der Waals surface area contributed by atoms with Crippen LogP contribution in [0.2, 0.25) is 0 Å². The van der Waals surface area contributed by atoms with Crippen LogP contribution in [-0.4, -0.2) is 19.2 Å². The lowest BCUT2D eigenvalue weighted by Crippen LogP contribution is -2.29.